The number of nitrogens with two attached hydrogens (primary N) is 1. The van der Waals surface area contributed by atoms with Gasteiger partial charge in [0, 0.05) is 18.5 Å². The van der Waals surface area contributed by atoms with Crippen molar-refractivity contribution in [1.82, 2.24) is 0 Å². The van der Waals surface area contributed by atoms with Gasteiger partial charge in [-0.25, -0.2) is 8.42 Å². The van der Waals surface area contributed by atoms with Crippen molar-refractivity contribution in [3.63, 3.8) is 0 Å². The van der Waals surface area contributed by atoms with E-state index in [1.54, 1.807) is 31.3 Å². The van der Waals surface area contributed by atoms with Crippen molar-refractivity contribution >= 4 is 27.0 Å². The van der Waals surface area contributed by atoms with Crippen molar-refractivity contribution < 1.29 is 8.42 Å². The Labute approximate surface area is 117 Å². The van der Waals surface area contributed by atoms with Gasteiger partial charge >= 0.3 is 0 Å². The minimum Gasteiger partial charge on any atom is -0.326 e. The van der Waals surface area contributed by atoms with Gasteiger partial charge in [-0.2, -0.15) is 0 Å². The van der Waals surface area contributed by atoms with Crippen LogP contribution in [-0.4, -0.2) is 15.5 Å². The molecule has 0 aliphatic heterocycles. The average molecular weight is 296 g/mol. The zero-order valence-corrected chi connectivity index (χ0v) is 12.5. The summed E-state index contributed by atoms with van der Waals surface area (Å²) in [5.74, 6) is 0. The average Bonchev–Trinajstić information content (AvgIpc) is 2.88. The quantitative estimate of drug-likeness (QED) is 0.942. The standard InChI is InChI=1S/C13H16N2O2S2/c1-10-3-5-11(6-4-10)15(2)19(16,17)13-8-7-12(9-14)18-13/h3-8H,9,14H2,1-2H3. The Balaban J connectivity index is 2.36. The molecular formula is C13H16N2O2S2. The molecule has 2 N–H and O–H groups in total. The van der Waals surface area contributed by atoms with Gasteiger partial charge in [0.2, 0.25) is 0 Å². The SMILES string of the molecule is Cc1ccc(N(C)S(=O)(=O)c2ccc(CN)s2)cc1. The van der Waals surface area contributed by atoms with Crippen molar-refractivity contribution in [2.45, 2.75) is 17.7 Å². The molecule has 0 bridgehead atoms. The van der Waals surface area contributed by atoms with Crippen LogP contribution in [0.3, 0.4) is 0 Å². The number of hydrogen-bond acceptors (Lipinski definition) is 4. The summed E-state index contributed by atoms with van der Waals surface area (Å²) in [4.78, 5) is 0.857. The summed E-state index contributed by atoms with van der Waals surface area (Å²) in [6.07, 6.45) is 0. The second-order valence-corrected chi connectivity index (χ2v) is 7.60. The van der Waals surface area contributed by atoms with Crippen LogP contribution in [0, 0.1) is 6.92 Å². The lowest BCUT2D eigenvalue weighted by Gasteiger charge is -2.18. The molecule has 0 atom stereocenters. The molecule has 0 saturated carbocycles. The Hall–Kier alpha value is -1.37. The second-order valence-electron chi connectivity index (χ2n) is 4.23. The molecule has 102 valence electrons. The number of hydrogen-bond donors (Lipinski definition) is 1. The number of nitrogens with zero attached hydrogens (tertiary/aromatic N) is 1. The van der Waals surface area contributed by atoms with Crippen molar-refractivity contribution in [2.75, 3.05) is 11.4 Å². The number of thiophene rings is 1. The predicted molar refractivity (Wildman–Crippen MR) is 79.0 cm³/mol. The second kappa shape index (κ2) is 5.32. The Kier molecular flexibility index (Phi) is 3.93. The van der Waals surface area contributed by atoms with E-state index in [0.717, 1.165) is 10.4 Å². The first-order chi connectivity index (χ1) is 8.95. The molecule has 19 heavy (non-hydrogen) atoms. The third kappa shape index (κ3) is 2.80. The van der Waals surface area contributed by atoms with Crippen LogP contribution >= 0.6 is 11.3 Å². The van der Waals surface area contributed by atoms with E-state index in [4.69, 9.17) is 5.73 Å². The van der Waals surface area contributed by atoms with E-state index in [2.05, 4.69) is 0 Å². The fraction of sp³-hybridized carbons (Fsp3) is 0.231. The summed E-state index contributed by atoms with van der Waals surface area (Å²) in [5.41, 5.74) is 7.25. The molecule has 0 amide bonds. The highest BCUT2D eigenvalue weighted by atomic mass is 32.2. The van der Waals surface area contributed by atoms with Crippen molar-refractivity contribution in [2.24, 2.45) is 5.73 Å². The summed E-state index contributed by atoms with van der Waals surface area (Å²) >= 11 is 1.21. The molecule has 2 rings (SSSR count). The molecule has 0 aliphatic rings. The monoisotopic (exact) mass is 296 g/mol. The van der Waals surface area contributed by atoms with Gasteiger partial charge in [-0.3, -0.25) is 4.31 Å². The van der Waals surface area contributed by atoms with Crippen LogP contribution in [-0.2, 0) is 16.6 Å². The first kappa shape index (κ1) is 14.0. The number of rotatable bonds is 4. The van der Waals surface area contributed by atoms with Gasteiger partial charge in [0.15, 0.2) is 0 Å². The normalized spacial score (nSPS) is 11.5. The van der Waals surface area contributed by atoms with Gasteiger partial charge < -0.3 is 5.73 Å². The van der Waals surface area contributed by atoms with Crippen LogP contribution in [0.4, 0.5) is 5.69 Å². The molecule has 0 saturated heterocycles. The third-order valence-corrected chi connectivity index (χ3v) is 6.21. The topological polar surface area (TPSA) is 63.4 Å². The first-order valence-electron chi connectivity index (χ1n) is 5.79. The van der Waals surface area contributed by atoms with Crippen LogP contribution in [0.5, 0.6) is 0 Å². The predicted octanol–water partition coefficient (Wildman–Crippen LogP) is 2.34. The largest absolute Gasteiger partial charge is 0.326 e. The highest BCUT2D eigenvalue weighted by Crippen LogP contribution is 2.27. The van der Waals surface area contributed by atoms with Crippen molar-refractivity contribution in [1.29, 1.82) is 0 Å². The van der Waals surface area contributed by atoms with Crippen LogP contribution in [0.1, 0.15) is 10.4 Å². The smallest absolute Gasteiger partial charge is 0.273 e. The highest BCUT2D eigenvalue weighted by molar-refractivity contribution is 7.94. The third-order valence-electron chi connectivity index (χ3n) is 2.85. The molecule has 0 unspecified atom stereocenters. The Morgan fingerprint density at radius 2 is 1.79 bits per heavy atom. The Morgan fingerprint density at radius 3 is 2.32 bits per heavy atom. The summed E-state index contributed by atoms with van der Waals surface area (Å²) in [5, 5.41) is 0. The van der Waals surface area contributed by atoms with E-state index in [9.17, 15) is 8.42 Å². The molecule has 1 aromatic heterocycles. The highest BCUT2D eigenvalue weighted by Gasteiger charge is 2.23. The molecule has 0 aliphatic carbocycles. The molecule has 0 spiro atoms. The molecule has 6 heteroatoms. The zero-order chi connectivity index (χ0) is 14.0. The fourth-order valence-electron chi connectivity index (χ4n) is 1.64. The zero-order valence-electron chi connectivity index (χ0n) is 10.8. The van der Waals surface area contributed by atoms with E-state index in [1.807, 2.05) is 19.1 Å². The van der Waals surface area contributed by atoms with Crippen molar-refractivity contribution in [3.8, 4) is 0 Å². The fourth-order valence-corrected chi connectivity index (χ4v) is 4.24. The van der Waals surface area contributed by atoms with Gasteiger partial charge in [0.25, 0.3) is 10.0 Å². The van der Waals surface area contributed by atoms with Crippen molar-refractivity contribution in [3.05, 3.63) is 46.8 Å². The van der Waals surface area contributed by atoms with Gasteiger partial charge in [-0.05, 0) is 31.2 Å². The maximum Gasteiger partial charge on any atom is 0.273 e. The Morgan fingerprint density at radius 1 is 1.16 bits per heavy atom. The van der Waals surface area contributed by atoms with Gasteiger partial charge in [0.05, 0.1) is 5.69 Å². The van der Waals surface area contributed by atoms with Crippen LogP contribution in [0.25, 0.3) is 0 Å². The van der Waals surface area contributed by atoms with Crippen LogP contribution < -0.4 is 10.0 Å². The number of sulfonamides is 1. The van der Waals surface area contributed by atoms with Gasteiger partial charge in [-0.15, -0.1) is 11.3 Å². The van der Waals surface area contributed by atoms with Crippen LogP contribution in [0.2, 0.25) is 0 Å². The minimum atomic E-state index is -3.50. The van der Waals surface area contributed by atoms with E-state index in [1.165, 1.54) is 15.6 Å². The first-order valence-corrected chi connectivity index (χ1v) is 8.05. The maximum atomic E-state index is 12.4. The lowest BCUT2D eigenvalue weighted by molar-refractivity contribution is 0.596. The molecule has 0 radical (unpaired) electrons. The molecular weight excluding hydrogens is 280 g/mol. The number of benzene rings is 1. The maximum absolute atomic E-state index is 12.4. The summed E-state index contributed by atoms with van der Waals surface area (Å²) in [6, 6.07) is 10.7. The summed E-state index contributed by atoms with van der Waals surface area (Å²) in [6.45, 7) is 2.32. The molecule has 2 aromatic rings. The summed E-state index contributed by atoms with van der Waals surface area (Å²) < 4.78 is 26.5. The lowest BCUT2D eigenvalue weighted by atomic mass is 10.2. The molecule has 1 heterocycles. The molecule has 0 fully saturated rings. The number of anilines is 1. The summed E-state index contributed by atoms with van der Waals surface area (Å²) in [7, 11) is -1.94. The van der Waals surface area contributed by atoms with E-state index >= 15 is 0 Å². The number of aryl methyl sites for hydroxylation is 1. The van der Waals surface area contributed by atoms with E-state index in [0.29, 0.717) is 16.4 Å². The van der Waals surface area contributed by atoms with Gasteiger partial charge in [0.1, 0.15) is 4.21 Å². The van der Waals surface area contributed by atoms with E-state index < -0.39 is 10.0 Å². The van der Waals surface area contributed by atoms with E-state index in [-0.39, 0.29) is 0 Å². The van der Waals surface area contributed by atoms with Gasteiger partial charge in [-0.1, -0.05) is 17.7 Å². The molecule has 4 nitrogen and oxygen atoms in total. The minimum absolute atomic E-state index is 0.316. The lowest BCUT2D eigenvalue weighted by Crippen LogP contribution is -2.25. The van der Waals surface area contributed by atoms with Crippen LogP contribution in [0.15, 0.2) is 40.6 Å². The Bertz CT molecular complexity index is 660. The molecule has 1 aromatic carbocycles.